The van der Waals surface area contributed by atoms with Crippen molar-refractivity contribution in [3.8, 4) is 11.3 Å². The van der Waals surface area contributed by atoms with Gasteiger partial charge in [0.05, 0.1) is 22.8 Å². The fourth-order valence-electron chi connectivity index (χ4n) is 4.19. The summed E-state index contributed by atoms with van der Waals surface area (Å²) < 4.78 is 7.61. The summed E-state index contributed by atoms with van der Waals surface area (Å²) in [4.78, 5) is 21.9. The molecule has 1 amide bonds. The Morgan fingerprint density at radius 2 is 2.10 bits per heavy atom. The number of pyridine rings is 1. The molecule has 0 fully saturated rings. The van der Waals surface area contributed by atoms with Crippen LogP contribution in [0.3, 0.4) is 0 Å². The summed E-state index contributed by atoms with van der Waals surface area (Å²) >= 11 is 1.78. The molecule has 0 spiro atoms. The molecule has 1 aliphatic heterocycles. The lowest BCUT2D eigenvalue weighted by Gasteiger charge is -2.27. The van der Waals surface area contributed by atoms with Crippen molar-refractivity contribution in [3.63, 3.8) is 0 Å². The first-order chi connectivity index (χ1) is 14.4. The maximum absolute atomic E-state index is 13.6. The number of amides is 1. The van der Waals surface area contributed by atoms with Crippen LogP contribution in [0.25, 0.3) is 22.3 Å². The largest absolute Gasteiger partial charge is 0.466 e. The maximum Gasteiger partial charge on any atom is 0.255 e. The van der Waals surface area contributed by atoms with Gasteiger partial charge in [0.15, 0.2) is 5.65 Å². The minimum Gasteiger partial charge on any atom is -0.466 e. The number of carbonyl (C=O) groups excluding carboxylic acids is 1. The Morgan fingerprint density at radius 1 is 1.27 bits per heavy atom. The van der Waals surface area contributed by atoms with E-state index in [1.54, 1.807) is 17.5 Å². The van der Waals surface area contributed by atoms with Crippen LogP contribution in [0.2, 0.25) is 0 Å². The van der Waals surface area contributed by atoms with Gasteiger partial charge in [0.1, 0.15) is 11.5 Å². The van der Waals surface area contributed by atoms with Crippen LogP contribution in [0.15, 0.2) is 34.2 Å². The number of rotatable bonds is 3. The molecule has 30 heavy (non-hydrogen) atoms. The SMILES string of the molecule is Cc1cc(-c2cc(C(=O)N3CCc4sccc4C3)c3cnn(C(C)C)c3n2)c(C)o1. The smallest absolute Gasteiger partial charge is 0.255 e. The first kappa shape index (κ1) is 19.1. The highest BCUT2D eigenvalue weighted by atomic mass is 32.1. The topological polar surface area (TPSA) is 64.2 Å². The van der Waals surface area contributed by atoms with Crippen molar-refractivity contribution in [1.29, 1.82) is 0 Å². The Bertz CT molecular complexity index is 1260. The highest BCUT2D eigenvalue weighted by Gasteiger charge is 2.26. The summed E-state index contributed by atoms with van der Waals surface area (Å²) in [6.45, 7) is 9.37. The fourth-order valence-corrected chi connectivity index (χ4v) is 5.08. The number of furan rings is 1. The van der Waals surface area contributed by atoms with Crippen molar-refractivity contribution in [3.05, 3.63) is 57.3 Å². The molecule has 0 saturated heterocycles. The molecule has 0 radical (unpaired) electrons. The van der Waals surface area contributed by atoms with Crippen LogP contribution in [-0.4, -0.2) is 32.1 Å². The van der Waals surface area contributed by atoms with Crippen LogP contribution in [0.5, 0.6) is 0 Å². The molecule has 5 heterocycles. The third-order valence-corrected chi connectivity index (χ3v) is 6.72. The van der Waals surface area contributed by atoms with Gasteiger partial charge in [-0.15, -0.1) is 11.3 Å². The van der Waals surface area contributed by atoms with E-state index in [0.29, 0.717) is 12.1 Å². The summed E-state index contributed by atoms with van der Waals surface area (Å²) in [5.41, 5.74) is 4.30. The van der Waals surface area contributed by atoms with E-state index in [1.165, 1.54) is 10.4 Å². The molecule has 7 heteroatoms. The average Bonchev–Trinajstić information content (AvgIpc) is 3.43. The third-order valence-electron chi connectivity index (χ3n) is 5.70. The van der Waals surface area contributed by atoms with Gasteiger partial charge >= 0.3 is 0 Å². The van der Waals surface area contributed by atoms with Crippen molar-refractivity contribution in [2.75, 3.05) is 6.54 Å². The van der Waals surface area contributed by atoms with Gasteiger partial charge in [-0.2, -0.15) is 5.10 Å². The zero-order chi connectivity index (χ0) is 21.0. The Labute approximate surface area is 179 Å². The van der Waals surface area contributed by atoms with Crippen molar-refractivity contribution in [1.82, 2.24) is 19.7 Å². The summed E-state index contributed by atoms with van der Waals surface area (Å²) in [5, 5.41) is 7.44. The van der Waals surface area contributed by atoms with Gasteiger partial charge in [0.25, 0.3) is 5.91 Å². The van der Waals surface area contributed by atoms with Crippen LogP contribution in [-0.2, 0) is 13.0 Å². The monoisotopic (exact) mass is 420 g/mol. The number of carbonyl (C=O) groups is 1. The molecular formula is C23H24N4O2S. The van der Waals surface area contributed by atoms with Crippen LogP contribution < -0.4 is 0 Å². The second-order valence-electron chi connectivity index (χ2n) is 8.15. The van der Waals surface area contributed by atoms with E-state index in [2.05, 4.69) is 30.4 Å². The average molecular weight is 421 g/mol. The van der Waals surface area contributed by atoms with E-state index < -0.39 is 0 Å². The minimum absolute atomic E-state index is 0.0293. The second kappa shape index (κ2) is 7.09. The molecule has 0 atom stereocenters. The Morgan fingerprint density at radius 3 is 2.83 bits per heavy atom. The van der Waals surface area contributed by atoms with E-state index in [-0.39, 0.29) is 11.9 Å². The molecule has 4 aromatic heterocycles. The van der Waals surface area contributed by atoms with Gasteiger partial charge < -0.3 is 9.32 Å². The fraction of sp³-hybridized carbons (Fsp3) is 0.348. The molecule has 1 aliphatic rings. The quantitative estimate of drug-likeness (QED) is 0.460. The Hall–Kier alpha value is -2.93. The number of nitrogens with zero attached hydrogens (tertiary/aromatic N) is 4. The highest BCUT2D eigenvalue weighted by Crippen LogP contribution is 2.32. The summed E-state index contributed by atoms with van der Waals surface area (Å²) in [7, 11) is 0. The highest BCUT2D eigenvalue weighted by molar-refractivity contribution is 7.10. The maximum atomic E-state index is 13.6. The predicted molar refractivity (Wildman–Crippen MR) is 118 cm³/mol. The van der Waals surface area contributed by atoms with Crippen LogP contribution in [0.4, 0.5) is 0 Å². The molecule has 6 nitrogen and oxygen atoms in total. The van der Waals surface area contributed by atoms with Crippen LogP contribution >= 0.6 is 11.3 Å². The molecule has 4 aromatic rings. The predicted octanol–water partition coefficient (Wildman–Crippen LogP) is 5.15. The molecule has 5 rings (SSSR count). The zero-order valence-corrected chi connectivity index (χ0v) is 18.4. The van der Waals surface area contributed by atoms with E-state index >= 15 is 0 Å². The molecule has 0 aromatic carbocycles. The summed E-state index contributed by atoms with van der Waals surface area (Å²) in [5.74, 6) is 1.66. The van der Waals surface area contributed by atoms with Gasteiger partial charge in [-0.05, 0) is 63.3 Å². The second-order valence-corrected chi connectivity index (χ2v) is 9.15. The molecule has 0 bridgehead atoms. The number of hydrogen-bond acceptors (Lipinski definition) is 5. The number of aryl methyl sites for hydroxylation is 2. The number of hydrogen-bond donors (Lipinski definition) is 0. The van der Waals surface area contributed by atoms with Crippen molar-refractivity contribution >= 4 is 28.3 Å². The third kappa shape index (κ3) is 3.04. The van der Waals surface area contributed by atoms with Gasteiger partial charge in [-0.1, -0.05) is 0 Å². The first-order valence-corrected chi connectivity index (χ1v) is 11.1. The molecule has 154 valence electrons. The lowest BCUT2D eigenvalue weighted by Crippen LogP contribution is -2.35. The molecule has 0 aliphatic carbocycles. The Kier molecular flexibility index (Phi) is 4.50. The van der Waals surface area contributed by atoms with E-state index in [1.807, 2.05) is 35.6 Å². The van der Waals surface area contributed by atoms with Gasteiger partial charge in [0.2, 0.25) is 0 Å². The van der Waals surface area contributed by atoms with Crippen molar-refractivity contribution in [2.45, 2.75) is 46.7 Å². The molecule has 0 saturated carbocycles. The van der Waals surface area contributed by atoms with Gasteiger partial charge in [-0.3, -0.25) is 4.79 Å². The van der Waals surface area contributed by atoms with E-state index in [4.69, 9.17) is 9.40 Å². The minimum atomic E-state index is 0.0293. The molecular weight excluding hydrogens is 396 g/mol. The van der Waals surface area contributed by atoms with Crippen molar-refractivity contribution in [2.24, 2.45) is 0 Å². The number of fused-ring (bicyclic) bond motifs is 2. The van der Waals surface area contributed by atoms with Crippen molar-refractivity contribution < 1.29 is 9.21 Å². The molecule has 0 unspecified atom stereocenters. The number of aromatic nitrogens is 3. The lowest BCUT2D eigenvalue weighted by atomic mass is 10.0. The van der Waals surface area contributed by atoms with E-state index in [0.717, 1.165) is 46.8 Å². The van der Waals surface area contributed by atoms with Gasteiger partial charge in [0, 0.05) is 29.6 Å². The zero-order valence-electron chi connectivity index (χ0n) is 17.6. The number of thiophene rings is 1. The summed E-state index contributed by atoms with van der Waals surface area (Å²) in [6, 6.07) is 6.15. The van der Waals surface area contributed by atoms with Crippen LogP contribution in [0, 0.1) is 13.8 Å². The van der Waals surface area contributed by atoms with Crippen LogP contribution in [0.1, 0.15) is 52.2 Å². The van der Waals surface area contributed by atoms with E-state index in [9.17, 15) is 4.79 Å². The first-order valence-electron chi connectivity index (χ1n) is 10.2. The summed E-state index contributed by atoms with van der Waals surface area (Å²) in [6.07, 6.45) is 2.68. The normalized spacial score (nSPS) is 14.0. The standard InChI is InChI=1S/C23H24N4O2S/c1-13(2)27-22-19(11-24-27)18(10-20(25-22)17-9-14(3)29-15(17)4)23(28)26-7-5-21-16(12-26)6-8-30-21/h6,8-11,13H,5,7,12H2,1-4H3. The van der Waals surface area contributed by atoms with Gasteiger partial charge in [-0.25, -0.2) is 9.67 Å². The Balaban J connectivity index is 1.65. The molecule has 0 N–H and O–H groups in total. The lowest BCUT2D eigenvalue weighted by molar-refractivity contribution is 0.0738.